The van der Waals surface area contributed by atoms with E-state index in [9.17, 15) is 4.39 Å². The van der Waals surface area contributed by atoms with Gasteiger partial charge in [0.25, 0.3) is 0 Å². The van der Waals surface area contributed by atoms with Crippen LogP contribution in [0.4, 0.5) is 4.39 Å². The molecule has 2 fully saturated rings. The maximum atomic E-state index is 13.2. The first-order valence-corrected chi connectivity index (χ1v) is 10.2. The number of halogens is 1. The van der Waals surface area contributed by atoms with Crippen molar-refractivity contribution in [1.29, 1.82) is 0 Å². The predicted octanol–water partition coefficient (Wildman–Crippen LogP) is 2.75. The topological polar surface area (TPSA) is 55.3 Å². The van der Waals surface area contributed by atoms with E-state index in [-0.39, 0.29) is 18.0 Å². The fourth-order valence-corrected chi connectivity index (χ4v) is 3.68. The number of nitrogens with one attached hydrogen (secondary N) is 1. The average Bonchev–Trinajstić information content (AvgIpc) is 2.71. The lowest BCUT2D eigenvalue weighted by Gasteiger charge is -2.38. The summed E-state index contributed by atoms with van der Waals surface area (Å²) in [5.74, 6) is 0.637. The van der Waals surface area contributed by atoms with Gasteiger partial charge in [0.1, 0.15) is 11.9 Å². The smallest absolute Gasteiger partial charge is 0.193 e. The van der Waals surface area contributed by atoms with Crippen molar-refractivity contribution in [3.63, 3.8) is 0 Å². The van der Waals surface area contributed by atoms with E-state index in [2.05, 4.69) is 22.1 Å². The molecule has 3 rings (SSSR count). The molecule has 2 aliphatic heterocycles. The van der Waals surface area contributed by atoms with Gasteiger partial charge in [-0.3, -0.25) is 4.99 Å². The van der Waals surface area contributed by atoms with Gasteiger partial charge in [0, 0.05) is 40.0 Å². The Labute approximate surface area is 167 Å². The van der Waals surface area contributed by atoms with E-state index in [1.807, 2.05) is 0 Å². The molecule has 156 valence electrons. The molecule has 1 N–H and O–H groups in total. The third-order valence-electron chi connectivity index (χ3n) is 5.14. The second-order valence-electron chi connectivity index (χ2n) is 7.40. The number of hydrogen-bond acceptors (Lipinski definition) is 4. The molecule has 0 spiro atoms. The molecule has 2 aliphatic rings. The van der Waals surface area contributed by atoms with E-state index in [4.69, 9.17) is 14.2 Å². The third-order valence-corrected chi connectivity index (χ3v) is 5.14. The number of morpholine rings is 1. The van der Waals surface area contributed by atoms with E-state index in [1.165, 1.54) is 12.1 Å². The minimum absolute atomic E-state index is 0.0687. The first-order valence-electron chi connectivity index (χ1n) is 10.2. The van der Waals surface area contributed by atoms with E-state index >= 15 is 0 Å². The van der Waals surface area contributed by atoms with Crippen LogP contribution in [0.1, 0.15) is 37.9 Å². The van der Waals surface area contributed by atoms with Crippen LogP contribution in [0.3, 0.4) is 0 Å². The Balaban J connectivity index is 1.45. The van der Waals surface area contributed by atoms with Gasteiger partial charge < -0.3 is 24.4 Å². The first-order chi connectivity index (χ1) is 13.7. The minimum Gasteiger partial charge on any atom is -0.381 e. The number of benzene rings is 1. The van der Waals surface area contributed by atoms with Crippen LogP contribution < -0.4 is 5.32 Å². The maximum Gasteiger partial charge on any atom is 0.193 e. The quantitative estimate of drug-likeness (QED) is 0.458. The summed E-state index contributed by atoms with van der Waals surface area (Å²) in [6.45, 7) is 6.68. The standard InChI is InChI=1S/C21H32FN3O3/c1-16-14-25(15-20(28-16)17-4-6-18(22)7-5-17)21(23-2)24-10-3-11-27-19-8-12-26-13-9-19/h4-7,16,19-20H,3,8-15H2,1-2H3,(H,23,24). The highest BCUT2D eigenvalue weighted by Crippen LogP contribution is 2.25. The summed E-state index contributed by atoms with van der Waals surface area (Å²) < 4.78 is 30.6. The lowest BCUT2D eigenvalue weighted by Crippen LogP contribution is -2.51. The molecule has 2 saturated heterocycles. The van der Waals surface area contributed by atoms with Crippen molar-refractivity contribution < 1.29 is 18.6 Å². The maximum absolute atomic E-state index is 13.2. The second-order valence-corrected chi connectivity index (χ2v) is 7.40. The van der Waals surface area contributed by atoms with Gasteiger partial charge >= 0.3 is 0 Å². The summed E-state index contributed by atoms with van der Waals surface area (Å²) in [6, 6.07) is 6.54. The summed E-state index contributed by atoms with van der Waals surface area (Å²) in [5.41, 5.74) is 0.985. The van der Waals surface area contributed by atoms with Gasteiger partial charge in [-0.05, 0) is 43.9 Å². The van der Waals surface area contributed by atoms with Crippen molar-refractivity contribution in [3.05, 3.63) is 35.6 Å². The normalized spacial score (nSPS) is 24.4. The fraction of sp³-hybridized carbons (Fsp3) is 0.667. The Bertz CT molecular complexity index is 620. The molecule has 28 heavy (non-hydrogen) atoms. The van der Waals surface area contributed by atoms with Crippen molar-refractivity contribution in [2.75, 3.05) is 46.5 Å². The molecule has 1 aromatic carbocycles. The van der Waals surface area contributed by atoms with Gasteiger partial charge in [-0.2, -0.15) is 0 Å². The molecule has 1 aromatic rings. The number of aliphatic imine (C=N–C) groups is 1. The average molecular weight is 394 g/mol. The highest BCUT2D eigenvalue weighted by molar-refractivity contribution is 5.80. The molecule has 6 nitrogen and oxygen atoms in total. The van der Waals surface area contributed by atoms with Gasteiger partial charge in [-0.1, -0.05) is 12.1 Å². The molecule has 2 unspecified atom stereocenters. The molecule has 0 saturated carbocycles. The second kappa shape index (κ2) is 10.7. The lowest BCUT2D eigenvalue weighted by atomic mass is 10.1. The fourth-order valence-electron chi connectivity index (χ4n) is 3.68. The van der Waals surface area contributed by atoms with Crippen LogP contribution in [0.25, 0.3) is 0 Å². The van der Waals surface area contributed by atoms with E-state index < -0.39 is 0 Å². The van der Waals surface area contributed by atoms with Crippen LogP contribution in [0, 0.1) is 5.82 Å². The van der Waals surface area contributed by atoms with Crippen molar-refractivity contribution in [3.8, 4) is 0 Å². The number of rotatable bonds is 6. The SMILES string of the molecule is CN=C(NCCCOC1CCOCC1)N1CC(C)OC(c2ccc(F)cc2)C1. The van der Waals surface area contributed by atoms with Crippen molar-refractivity contribution >= 4 is 5.96 Å². The third kappa shape index (κ3) is 6.15. The molecule has 0 bridgehead atoms. The highest BCUT2D eigenvalue weighted by Gasteiger charge is 2.28. The highest BCUT2D eigenvalue weighted by atomic mass is 19.1. The van der Waals surface area contributed by atoms with Gasteiger partial charge in [-0.25, -0.2) is 4.39 Å². The summed E-state index contributed by atoms with van der Waals surface area (Å²) in [7, 11) is 1.80. The molecule has 0 aromatic heterocycles. The van der Waals surface area contributed by atoms with E-state index in [0.29, 0.717) is 12.6 Å². The largest absolute Gasteiger partial charge is 0.381 e. The van der Waals surface area contributed by atoms with Gasteiger partial charge in [0.15, 0.2) is 5.96 Å². The molecule has 2 heterocycles. The molecule has 0 radical (unpaired) electrons. The Morgan fingerprint density at radius 2 is 2.00 bits per heavy atom. The lowest BCUT2D eigenvalue weighted by molar-refractivity contribution is -0.0605. The van der Waals surface area contributed by atoms with Gasteiger partial charge in [-0.15, -0.1) is 0 Å². The van der Waals surface area contributed by atoms with Crippen molar-refractivity contribution in [2.45, 2.75) is 44.5 Å². The van der Waals surface area contributed by atoms with Crippen molar-refractivity contribution in [1.82, 2.24) is 10.2 Å². The van der Waals surface area contributed by atoms with Crippen LogP contribution in [0.2, 0.25) is 0 Å². The molecular formula is C21H32FN3O3. The predicted molar refractivity (Wildman–Crippen MR) is 107 cm³/mol. The van der Waals surface area contributed by atoms with Crippen LogP contribution in [0.15, 0.2) is 29.3 Å². The molecule has 0 amide bonds. The van der Waals surface area contributed by atoms with Crippen LogP contribution in [-0.2, 0) is 14.2 Å². The zero-order valence-electron chi connectivity index (χ0n) is 16.9. The van der Waals surface area contributed by atoms with Crippen LogP contribution in [0.5, 0.6) is 0 Å². The van der Waals surface area contributed by atoms with Crippen molar-refractivity contribution in [2.24, 2.45) is 4.99 Å². The zero-order chi connectivity index (χ0) is 19.8. The summed E-state index contributed by atoms with van der Waals surface area (Å²) in [4.78, 5) is 6.64. The zero-order valence-corrected chi connectivity index (χ0v) is 16.9. The number of ether oxygens (including phenoxy) is 3. The summed E-state index contributed by atoms with van der Waals surface area (Å²) >= 11 is 0. The van der Waals surface area contributed by atoms with Crippen LogP contribution >= 0.6 is 0 Å². The monoisotopic (exact) mass is 393 g/mol. The summed E-state index contributed by atoms with van der Waals surface area (Å²) in [6.07, 6.45) is 3.22. The summed E-state index contributed by atoms with van der Waals surface area (Å²) in [5, 5.41) is 3.43. The minimum atomic E-state index is -0.232. The molecule has 7 heteroatoms. The molecular weight excluding hydrogens is 361 g/mol. The van der Waals surface area contributed by atoms with E-state index in [0.717, 1.165) is 63.7 Å². The van der Waals surface area contributed by atoms with Gasteiger partial charge in [0.2, 0.25) is 0 Å². The van der Waals surface area contributed by atoms with Gasteiger partial charge in [0.05, 0.1) is 18.8 Å². The first kappa shape index (κ1) is 21.0. The van der Waals surface area contributed by atoms with Crippen LogP contribution in [-0.4, -0.2) is 69.6 Å². The Kier molecular flexibility index (Phi) is 8.06. The molecule has 2 atom stereocenters. The van der Waals surface area contributed by atoms with E-state index in [1.54, 1.807) is 19.2 Å². The number of guanidine groups is 1. The molecule has 0 aliphatic carbocycles. The Hall–Kier alpha value is -1.70. The Morgan fingerprint density at radius 3 is 2.71 bits per heavy atom. The number of hydrogen-bond donors (Lipinski definition) is 1. The Morgan fingerprint density at radius 1 is 1.25 bits per heavy atom. The number of nitrogens with zero attached hydrogens (tertiary/aromatic N) is 2.